The van der Waals surface area contributed by atoms with Gasteiger partial charge in [0.2, 0.25) is 11.9 Å². The van der Waals surface area contributed by atoms with E-state index < -0.39 is 0 Å². The summed E-state index contributed by atoms with van der Waals surface area (Å²) < 4.78 is 5.24. The molecule has 116 valence electrons. The lowest BCUT2D eigenvalue weighted by Crippen LogP contribution is -2.27. The van der Waals surface area contributed by atoms with E-state index in [0.717, 1.165) is 31.5 Å². The Balaban J connectivity index is 1.71. The normalized spacial score (nSPS) is 19.8. The maximum Gasteiger partial charge on any atom is 0.322 e. The quantitative estimate of drug-likeness (QED) is 0.899. The van der Waals surface area contributed by atoms with E-state index in [1.165, 1.54) is 44.9 Å². The molecule has 21 heavy (non-hydrogen) atoms. The molecule has 0 amide bonds. The van der Waals surface area contributed by atoms with E-state index in [9.17, 15) is 0 Å². The number of methoxy groups -OCH3 is 1. The van der Waals surface area contributed by atoms with Crippen molar-refractivity contribution in [2.75, 3.05) is 37.0 Å². The van der Waals surface area contributed by atoms with Crippen LogP contribution in [-0.4, -0.2) is 41.7 Å². The summed E-state index contributed by atoms with van der Waals surface area (Å²) in [5.41, 5.74) is 0. The van der Waals surface area contributed by atoms with Crippen LogP contribution in [0.15, 0.2) is 0 Å². The van der Waals surface area contributed by atoms with Gasteiger partial charge in [-0.05, 0) is 31.6 Å². The summed E-state index contributed by atoms with van der Waals surface area (Å²) in [7, 11) is 1.61. The van der Waals surface area contributed by atoms with Crippen LogP contribution < -0.4 is 15.0 Å². The summed E-state index contributed by atoms with van der Waals surface area (Å²) in [4.78, 5) is 15.6. The van der Waals surface area contributed by atoms with Crippen molar-refractivity contribution in [3.63, 3.8) is 0 Å². The average Bonchev–Trinajstić information content (AvgIpc) is 2.74. The third kappa shape index (κ3) is 3.74. The van der Waals surface area contributed by atoms with Crippen molar-refractivity contribution in [1.82, 2.24) is 15.0 Å². The molecule has 0 bridgehead atoms. The monoisotopic (exact) mass is 291 g/mol. The summed E-state index contributed by atoms with van der Waals surface area (Å²) in [6.45, 7) is 3.00. The van der Waals surface area contributed by atoms with Gasteiger partial charge in [-0.3, -0.25) is 0 Å². The third-order valence-corrected chi connectivity index (χ3v) is 4.45. The van der Waals surface area contributed by atoms with Crippen LogP contribution in [0, 0.1) is 5.92 Å². The van der Waals surface area contributed by atoms with Gasteiger partial charge in [-0.25, -0.2) is 0 Å². The van der Waals surface area contributed by atoms with Crippen molar-refractivity contribution in [2.45, 2.75) is 44.9 Å². The maximum atomic E-state index is 5.24. The lowest BCUT2D eigenvalue weighted by Gasteiger charge is -2.25. The number of nitrogens with zero attached hydrogens (tertiary/aromatic N) is 4. The van der Waals surface area contributed by atoms with E-state index in [1.807, 2.05) is 0 Å². The highest BCUT2D eigenvalue weighted by Gasteiger charge is 2.19. The van der Waals surface area contributed by atoms with Crippen molar-refractivity contribution in [3.8, 4) is 6.01 Å². The smallest absolute Gasteiger partial charge is 0.322 e. The molecule has 0 aromatic carbocycles. The highest BCUT2D eigenvalue weighted by Crippen LogP contribution is 2.26. The summed E-state index contributed by atoms with van der Waals surface area (Å²) >= 11 is 0. The number of hydrogen-bond donors (Lipinski definition) is 1. The van der Waals surface area contributed by atoms with Gasteiger partial charge >= 0.3 is 6.01 Å². The predicted molar refractivity (Wildman–Crippen MR) is 82.9 cm³/mol. The van der Waals surface area contributed by atoms with Gasteiger partial charge in [0.15, 0.2) is 0 Å². The molecule has 1 aromatic rings. The van der Waals surface area contributed by atoms with Crippen molar-refractivity contribution in [2.24, 2.45) is 5.92 Å². The Hall–Kier alpha value is -1.59. The first-order valence-electron chi connectivity index (χ1n) is 8.14. The molecule has 0 radical (unpaired) electrons. The van der Waals surface area contributed by atoms with Crippen LogP contribution in [0.25, 0.3) is 0 Å². The van der Waals surface area contributed by atoms with Gasteiger partial charge in [-0.15, -0.1) is 0 Å². The van der Waals surface area contributed by atoms with Gasteiger partial charge < -0.3 is 15.0 Å². The lowest BCUT2D eigenvalue weighted by molar-refractivity contribution is 0.332. The van der Waals surface area contributed by atoms with E-state index >= 15 is 0 Å². The van der Waals surface area contributed by atoms with Gasteiger partial charge in [-0.2, -0.15) is 15.0 Å². The Morgan fingerprint density at radius 2 is 1.81 bits per heavy atom. The van der Waals surface area contributed by atoms with Crippen LogP contribution in [0.5, 0.6) is 6.01 Å². The molecular weight excluding hydrogens is 266 g/mol. The van der Waals surface area contributed by atoms with Gasteiger partial charge in [0.05, 0.1) is 7.11 Å². The van der Waals surface area contributed by atoms with Crippen LogP contribution >= 0.6 is 0 Å². The zero-order valence-corrected chi connectivity index (χ0v) is 12.8. The van der Waals surface area contributed by atoms with Crippen LogP contribution in [0.3, 0.4) is 0 Å². The summed E-state index contributed by atoms with van der Waals surface area (Å²) in [5, 5.41) is 3.35. The molecule has 1 aliphatic heterocycles. The molecule has 0 atom stereocenters. The molecule has 2 heterocycles. The fraction of sp³-hybridized carbons (Fsp3) is 0.800. The fourth-order valence-electron chi connectivity index (χ4n) is 2.86. The molecule has 0 spiro atoms. The van der Waals surface area contributed by atoms with E-state index in [-0.39, 0.29) is 0 Å². The van der Waals surface area contributed by atoms with Crippen LogP contribution in [0.2, 0.25) is 0 Å². The fourth-order valence-corrected chi connectivity index (χ4v) is 2.86. The molecule has 1 saturated heterocycles. The number of rotatable bonds is 5. The predicted octanol–water partition coefficient (Wildman–Crippen LogP) is 2.47. The largest absolute Gasteiger partial charge is 0.467 e. The van der Waals surface area contributed by atoms with Crippen molar-refractivity contribution in [3.05, 3.63) is 0 Å². The zero-order chi connectivity index (χ0) is 14.5. The SMILES string of the molecule is COc1nc(NCC2CCC2)nc(N2CCCCCC2)n1. The third-order valence-electron chi connectivity index (χ3n) is 4.45. The molecule has 1 saturated carbocycles. The van der Waals surface area contributed by atoms with Crippen LogP contribution in [-0.2, 0) is 0 Å². The second-order valence-electron chi connectivity index (χ2n) is 6.02. The van der Waals surface area contributed by atoms with E-state index in [4.69, 9.17) is 4.74 Å². The second kappa shape index (κ2) is 6.91. The number of anilines is 2. The molecular formula is C15H25N5O. The first-order valence-corrected chi connectivity index (χ1v) is 8.14. The van der Waals surface area contributed by atoms with Gasteiger partial charge in [-0.1, -0.05) is 19.3 Å². The van der Waals surface area contributed by atoms with Crippen molar-refractivity contribution >= 4 is 11.9 Å². The standard InChI is InChI=1S/C15H25N5O/c1-21-15-18-13(16-11-12-7-6-8-12)17-14(19-15)20-9-4-2-3-5-10-20/h12H,2-11H2,1H3,(H,16,17,18,19). The molecule has 2 aliphatic rings. The van der Waals surface area contributed by atoms with Crippen LogP contribution in [0.1, 0.15) is 44.9 Å². The van der Waals surface area contributed by atoms with E-state index in [1.54, 1.807) is 7.11 Å². The minimum absolute atomic E-state index is 0.403. The summed E-state index contributed by atoms with van der Waals surface area (Å²) in [5.74, 6) is 2.17. The molecule has 6 heteroatoms. The van der Waals surface area contributed by atoms with Crippen LogP contribution in [0.4, 0.5) is 11.9 Å². The maximum absolute atomic E-state index is 5.24. The summed E-state index contributed by atoms with van der Waals surface area (Å²) in [6.07, 6.45) is 8.99. The number of nitrogens with one attached hydrogen (secondary N) is 1. The number of ether oxygens (including phenoxy) is 1. The average molecular weight is 291 g/mol. The Kier molecular flexibility index (Phi) is 4.72. The Bertz CT molecular complexity index is 455. The van der Waals surface area contributed by atoms with Gasteiger partial charge in [0, 0.05) is 19.6 Å². The molecule has 1 aliphatic carbocycles. The van der Waals surface area contributed by atoms with E-state index in [2.05, 4.69) is 25.2 Å². The topological polar surface area (TPSA) is 63.2 Å². The highest BCUT2D eigenvalue weighted by molar-refractivity contribution is 5.38. The Morgan fingerprint density at radius 3 is 2.43 bits per heavy atom. The molecule has 2 fully saturated rings. The first-order chi connectivity index (χ1) is 10.3. The molecule has 6 nitrogen and oxygen atoms in total. The molecule has 1 N–H and O–H groups in total. The first kappa shape index (κ1) is 14.4. The number of hydrogen-bond acceptors (Lipinski definition) is 6. The van der Waals surface area contributed by atoms with Crippen molar-refractivity contribution in [1.29, 1.82) is 0 Å². The minimum Gasteiger partial charge on any atom is -0.467 e. The van der Waals surface area contributed by atoms with Gasteiger partial charge in [0.25, 0.3) is 0 Å². The number of aromatic nitrogens is 3. The minimum atomic E-state index is 0.403. The van der Waals surface area contributed by atoms with Gasteiger partial charge in [0.1, 0.15) is 0 Å². The molecule has 3 rings (SSSR count). The molecule has 1 aromatic heterocycles. The Morgan fingerprint density at radius 1 is 1.05 bits per heavy atom. The Labute approximate surface area is 126 Å². The second-order valence-corrected chi connectivity index (χ2v) is 6.02. The van der Waals surface area contributed by atoms with Crippen molar-refractivity contribution < 1.29 is 4.74 Å². The summed E-state index contributed by atoms with van der Waals surface area (Å²) in [6, 6.07) is 0.403. The lowest BCUT2D eigenvalue weighted by atomic mass is 9.85. The molecule has 0 unspecified atom stereocenters. The van der Waals surface area contributed by atoms with E-state index in [0.29, 0.717) is 12.0 Å². The zero-order valence-electron chi connectivity index (χ0n) is 12.8. The highest BCUT2D eigenvalue weighted by atomic mass is 16.5.